The first-order valence-electron chi connectivity index (χ1n) is 6.55. The highest BCUT2D eigenvalue weighted by molar-refractivity contribution is 5.75. The molecule has 0 saturated carbocycles. The molecule has 0 radical (unpaired) electrons. The molecule has 1 saturated heterocycles. The van der Waals surface area contributed by atoms with E-state index in [1.807, 2.05) is 5.01 Å². The standard InChI is InChI=1S/C12H26N4O/c1-11(5-6-13)3-4-12(17)14-16-9-7-15(2)8-10-16/h11H,3-10,13H2,1-2H3,(H,14,17). The molecule has 1 aliphatic rings. The molecular weight excluding hydrogens is 216 g/mol. The Hall–Kier alpha value is -0.650. The van der Waals surface area contributed by atoms with Gasteiger partial charge in [0.15, 0.2) is 0 Å². The predicted octanol–water partition coefficient (Wildman–Crippen LogP) is 0.0301. The molecular formula is C12H26N4O. The van der Waals surface area contributed by atoms with Gasteiger partial charge in [-0.1, -0.05) is 6.92 Å². The first-order valence-corrected chi connectivity index (χ1v) is 6.55. The molecule has 1 fully saturated rings. The second kappa shape index (κ2) is 7.63. The average Bonchev–Trinajstić information content (AvgIpc) is 2.30. The van der Waals surface area contributed by atoms with E-state index in [9.17, 15) is 4.79 Å². The largest absolute Gasteiger partial charge is 0.330 e. The fourth-order valence-corrected chi connectivity index (χ4v) is 1.96. The molecule has 1 aliphatic heterocycles. The van der Waals surface area contributed by atoms with E-state index in [0.29, 0.717) is 18.9 Å². The summed E-state index contributed by atoms with van der Waals surface area (Å²) in [6, 6.07) is 0. The van der Waals surface area contributed by atoms with Crippen LogP contribution in [0.15, 0.2) is 0 Å². The van der Waals surface area contributed by atoms with Crippen LogP contribution in [0.2, 0.25) is 0 Å². The van der Waals surface area contributed by atoms with Crippen LogP contribution in [0.25, 0.3) is 0 Å². The Morgan fingerprint density at radius 2 is 1.94 bits per heavy atom. The van der Waals surface area contributed by atoms with Gasteiger partial charge in [-0.15, -0.1) is 0 Å². The number of hydrogen-bond donors (Lipinski definition) is 2. The second-order valence-corrected chi connectivity index (χ2v) is 5.05. The minimum Gasteiger partial charge on any atom is -0.330 e. The van der Waals surface area contributed by atoms with E-state index in [2.05, 4.69) is 24.3 Å². The van der Waals surface area contributed by atoms with Crippen LogP contribution in [0, 0.1) is 5.92 Å². The summed E-state index contributed by atoms with van der Waals surface area (Å²) in [5.74, 6) is 0.677. The van der Waals surface area contributed by atoms with Crippen molar-refractivity contribution in [1.82, 2.24) is 15.3 Å². The number of nitrogens with zero attached hydrogens (tertiary/aromatic N) is 2. The summed E-state index contributed by atoms with van der Waals surface area (Å²) in [5.41, 5.74) is 8.46. The van der Waals surface area contributed by atoms with Crippen molar-refractivity contribution in [2.45, 2.75) is 26.2 Å². The summed E-state index contributed by atoms with van der Waals surface area (Å²) in [7, 11) is 2.10. The van der Waals surface area contributed by atoms with Crippen LogP contribution < -0.4 is 11.2 Å². The normalized spacial score (nSPS) is 20.2. The van der Waals surface area contributed by atoms with Crippen molar-refractivity contribution >= 4 is 5.91 Å². The van der Waals surface area contributed by atoms with Crippen LogP contribution in [0.1, 0.15) is 26.2 Å². The fraction of sp³-hybridized carbons (Fsp3) is 0.917. The number of rotatable bonds is 6. The molecule has 1 rings (SSSR count). The third-order valence-corrected chi connectivity index (χ3v) is 3.31. The van der Waals surface area contributed by atoms with Gasteiger partial charge in [-0.3, -0.25) is 10.2 Å². The van der Waals surface area contributed by atoms with Gasteiger partial charge in [0.2, 0.25) is 5.91 Å². The van der Waals surface area contributed by atoms with Gasteiger partial charge < -0.3 is 10.6 Å². The number of nitrogens with one attached hydrogen (secondary N) is 1. The Labute approximate surface area is 104 Å². The monoisotopic (exact) mass is 242 g/mol. The summed E-state index contributed by atoms with van der Waals surface area (Å²) in [6.07, 6.45) is 2.53. The number of nitrogens with two attached hydrogens (primary N) is 1. The first-order chi connectivity index (χ1) is 8.11. The van der Waals surface area contributed by atoms with Gasteiger partial charge in [0.25, 0.3) is 0 Å². The number of amides is 1. The molecule has 0 spiro atoms. The smallest absolute Gasteiger partial charge is 0.234 e. The van der Waals surface area contributed by atoms with Crippen molar-refractivity contribution in [2.75, 3.05) is 39.8 Å². The summed E-state index contributed by atoms with van der Waals surface area (Å²) in [4.78, 5) is 14.0. The molecule has 1 unspecified atom stereocenters. The zero-order valence-corrected chi connectivity index (χ0v) is 11.1. The van der Waals surface area contributed by atoms with Crippen LogP contribution in [-0.4, -0.2) is 55.6 Å². The number of piperazine rings is 1. The van der Waals surface area contributed by atoms with Crippen molar-refractivity contribution in [3.05, 3.63) is 0 Å². The lowest BCUT2D eigenvalue weighted by molar-refractivity contribution is -0.127. The number of likely N-dealkylation sites (N-methyl/N-ethyl adjacent to an activating group) is 1. The molecule has 5 heteroatoms. The molecule has 0 aromatic heterocycles. The molecule has 0 bridgehead atoms. The van der Waals surface area contributed by atoms with Crippen LogP contribution in [0.3, 0.4) is 0 Å². The Kier molecular flexibility index (Phi) is 6.47. The minimum atomic E-state index is 0.137. The van der Waals surface area contributed by atoms with Crippen LogP contribution >= 0.6 is 0 Å². The van der Waals surface area contributed by atoms with Gasteiger partial charge in [-0.2, -0.15) is 0 Å². The molecule has 0 aromatic rings. The lowest BCUT2D eigenvalue weighted by atomic mass is 10.0. The minimum absolute atomic E-state index is 0.137. The van der Waals surface area contributed by atoms with Gasteiger partial charge in [0.1, 0.15) is 0 Å². The van der Waals surface area contributed by atoms with Crippen molar-refractivity contribution in [1.29, 1.82) is 0 Å². The average molecular weight is 242 g/mol. The number of carbonyl (C=O) groups excluding carboxylic acids is 1. The Balaban J connectivity index is 2.12. The molecule has 0 aliphatic carbocycles. The predicted molar refractivity (Wildman–Crippen MR) is 69.3 cm³/mol. The van der Waals surface area contributed by atoms with E-state index in [0.717, 1.165) is 39.0 Å². The highest BCUT2D eigenvalue weighted by atomic mass is 16.2. The third kappa shape index (κ3) is 6.00. The second-order valence-electron chi connectivity index (χ2n) is 5.05. The van der Waals surface area contributed by atoms with Crippen LogP contribution in [-0.2, 0) is 4.79 Å². The van der Waals surface area contributed by atoms with Gasteiger partial charge in [-0.05, 0) is 32.4 Å². The number of carbonyl (C=O) groups is 1. The van der Waals surface area contributed by atoms with E-state index in [4.69, 9.17) is 5.73 Å². The number of hydrogen-bond acceptors (Lipinski definition) is 4. The summed E-state index contributed by atoms with van der Waals surface area (Å²) in [6.45, 7) is 6.73. The Bertz CT molecular complexity index is 227. The maximum Gasteiger partial charge on any atom is 0.234 e. The number of hydrazine groups is 1. The van der Waals surface area contributed by atoms with Crippen LogP contribution in [0.5, 0.6) is 0 Å². The lowest BCUT2D eigenvalue weighted by Crippen LogP contribution is -2.52. The van der Waals surface area contributed by atoms with Gasteiger partial charge in [0.05, 0.1) is 0 Å². The lowest BCUT2D eigenvalue weighted by Gasteiger charge is -2.32. The topological polar surface area (TPSA) is 61.6 Å². The molecule has 1 heterocycles. The molecule has 1 atom stereocenters. The van der Waals surface area contributed by atoms with E-state index < -0.39 is 0 Å². The molecule has 3 N–H and O–H groups in total. The maximum atomic E-state index is 11.7. The summed E-state index contributed by atoms with van der Waals surface area (Å²) in [5, 5.41) is 2.02. The summed E-state index contributed by atoms with van der Waals surface area (Å²) >= 11 is 0. The van der Waals surface area contributed by atoms with Crippen molar-refractivity contribution < 1.29 is 4.79 Å². The van der Waals surface area contributed by atoms with Crippen molar-refractivity contribution in [3.63, 3.8) is 0 Å². The Morgan fingerprint density at radius 1 is 1.29 bits per heavy atom. The quantitative estimate of drug-likeness (QED) is 0.690. The molecule has 100 valence electrons. The van der Waals surface area contributed by atoms with Gasteiger partial charge >= 0.3 is 0 Å². The SMILES string of the molecule is CC(CCN)CCC(=O)NN1CCN(C)CC1. The summed E-state index contributed by atoms with van der Waals surface area (Å²) < 4.78 is 0. The third-order valence-electron chi connectivity index (χ3n) is 3.31. The van der Waals surface area contributed by atoms with E-state index in [-0.39, 0.29) is 5.91 Å². The van der Waals surface area contributed by atoms with E-state index >= 15 is 0 Å². The zero-order valence-electron chi connectivity index (χ0n) is 11.1. The molecule has 1 amide bonds. The highest BCUT2D eigenvalue weighted by Crippen LogP contribution is 2.08. The highest BCUT2D eigenvalue weighted by Gasteiger charge is 2.15. The van der Waals surface area contributed by atoms with Gasteiger partial charge in [0, 0.05) is 32.6 Å². The zero-order chi connectivity index (χ0) is 12.7. The van der Waals surface area contributed by atoms with Gasteiger partial charge in [-0.25, -0.2) is 5.01 Å². The molecule has 0 aromatic carbocycles. The van der Waals surface area contributed by atoms with Crippen LogP contribution in [0.4, 0.5) is 0 Å². The van der Waals surface area contributed by atoms with Crippen molar-refractivity contribution in [2.24, 2.45) is 11.7 Å². The first kappa shape index (κ1) is 14.4. The van der Waals surface area contributed by atoms with E-state index in [1.54, 1.807) is 0 Å². The van der Waals surface area contributed by atoms with Crippen molar-refractivity contribution in [3.8, 4) is 0 Å². The maximum absolute atomic E-state index is 11.7. The molecule has 17 heavy (non-hydrogen) atoms. The fourth-order valence-electron chi connectivity index (χ4n) is 1.96. The Morgan fingerprint density at radius 3 is 2.53 bits per heavy atom. The van der Waals surface area contributed by atoms with E-state index in [1.165, 1.54) is 0 Å². The molecule has 5 nitrogen and oxygen atoms in total.